The van der Waals surface area contributed by atoms with Gasteiger partial charge in [-0.05, 0) is 6.26 Å². The second-order valence-corrected chi connectivity index (χ2v) is 1.11. The fourth-order valence-corrected chi connectivity index (χ4v) is 0.230. The molecular formula is C4H4NORe-. The molecular weight excluding hydrogens is 264 g/mol. The van der Waals surface area contributed by atoms with Crippen LogP contribution in [0.25, 0.3) is 0 Å². The fraction of sp³-hybridized carbons (Fsp3) is 0.250. The zero-order valence-corrected chi connectivity index (χ0v) is 6.53. The van der Waals surface area contributed by atoms with Crippen molar-refractivity contribution >= 4 is 0 Å². The van der Waals surface area contributed by atoms with Gasteiger partial charge in [0.1, 0.15) is 0 Å². The molecule has 0 aliphatic rings. The number of rotatable bonds is 0. The summed E-state index contributed by atoms with van der Waals surface area (Å²) in [6.07, 6.45) is 4.12. The van der Waals surface area contributed by atoms with E-state index < -0.39 is 0 Å². The first-order valence-corrected chi connectivity index (χ1v) is 1.68. The van der Waals surface area contributed by atoms with E-state index in [2.05, 4.69) is 15.9 Å². The van der Waals surface area contributed by atoms with E-state index in [-0.39, 0.29) is 20.4 Å². The third-order valence-corrected chi connectivity index (χ3v) is 0.504. The van der Waals surface area contributed by atoms with Crippen molar-refractivity contribution in [3.8, 4) is 0 Å². The molecule has 0 atom stereocenters. The first-order valence-electron chi connectivity index (χ1n) is 1.68. The minimum absolute atomic E-state index is 0. The van der Waals surface area contributed by atoms with E-state index in [0.29, 0.717) is 0 Å². The summed E-state index contributed by atoms with van der Waals surface area (Å²) in [4.78, 5) is 0. The monoisotopic (exact) mass is 269 g/mol. The third-order valence-electron chi connectivity index (χ3n) is 0.504. The maximum absolute atomic E-state index is 4.41. The van der Waals surface area contributed by atoms with E-state index >= 15 is 0 Å². The SMILES string of the molecule is Cc1[c-]noc1.[Re]. The summed E-state index contributed by atoms with van der Waals surface area (Å²) in [5.74, 6) is 0. The molecule has 1 rings (SSSR count). The quantitative estimate of drug-likeness (QED) is 0.650. The van der Waals surface area contributed by atoms with E-state index in [0.717, 1.165) is 5.56 Å². The van der Waals surface area contributed by atoms with Crippen molar-refractivity contribution in [2.75, 3.05) is 0 Å². The van der Waals surface area contributed by atoms with Crippen molar-refractivity contribution in [2.24, 2.45) is 0 Å². The van der Waals surface area contributed by atoms with Gasteiger partial charge in [-0.2, -0.15) is 5.56 Å². The maximum Gasteiger partial charge on any atom is 0 e. The molecule has 0 aliphatic heterocycles. The van der Waals surface area contributed by atoms with Gasteiger partial charge >= 0.3 is 0 Å². The summed E-state index contributed by atoms with van der Waals surface area (Å²) >= 11 is 0. The maximum atomic E-state index is 4.41. The average Bonchev–Trinajstić information content (AvgIpc) is 1.86. The summed E-state index contributed by atoms with van der Waals surface area (Å²) in [6, 6.07) is 0. The Morgan fingerprint density at radius 3 is 2.71 bits per heavy atom. The van der Waals surface area contributed by atoms with Crippen LogP contribution in [0.2, 0.25) is 0 Å². The first-order chi connectivity index (χ1) is 2.89. The Morgan fingerprint density at radius 1 is 1.86 bits per heavy atom. The predicted octanol–water partition coefficient (Wildman–Crippen LogP) is 0.781. The Bertz CT molecular complexity index is 115. The summed E-state index contributed by atoms with van der Waals surface area (Å²) < 4.78 is 4.41. The predicted molar refractivity (Wildman–Crippen MR) is 20.1 cm³/mol. The van der Waals surface area contributed by atoms with E-state index in [9.17, 15) is 0 Å². The molecule has 39 valence electrons. The molecule has 1 radical (unpaired) electrons. The van der Waals surface area contributed by atoms with Crippen LogP contribution >= 0.6 is 0 Å². The number of nitrogens with zero attached hydrogens (tertiary/aromatic N) is 1. The van der Waals surface area contributed by atoms with Gasteiger partial charge in [0.2, 0.25) is 0 Å². The first kappa shape index (κ1) is 6.87. The Hall–Kier alpha value is -0.128. The van der Waals surface area contributed by atoms with Gasteiger partial charge in [0.25, 0.3) is 0 Å². The molecule has 0 aliphatic carbocycles. The molecule has 1 aromatic heterocycles. The number of aromatic nitrogens is 1. The molecule has 0 spiro atoms. The number of hydrogen-bond donors (Lipinski definition) is 0. The van der Waals surface area contributed by atoms with Crippen molar-refractivity contribution in [2.45, 2.75) is 6.92 Å². The average molecular weight is 268 g/mol. The van der Waals surface area contributed by atoms with Crippen molar-refractivity contribution in [1.29, 1.82) is 0 Å². The molecule has 0 unspecified atom stereocenters. The van der Waals surface area contributed by atoms with Crippen molar-refractivity contribution in [3.63, 3.8) is 0 Å². The van der Waals surface area contributed by atoms with Gasteiger partial charge in [-0.15, -0.1) is 0 Å². The summed E-state index contributed by atoms with van der Waals surface area (Å²) in [5.41, 5.74) is 0.940. The smallest absolute Gasteiger partial charge is 0 e. The van der Waals surface area contributed by atoms with E-state index in [1.54, 1.807) is 6.26 Å². The van der Waals surface area contributed by atoms with E-state index in [1.165, 1.54) is 0 Å². The molecule has 0 saturated heterocycles. The molecule has 3 heteroatoms. The van der Waals surface area contributed by atoms with Crippen LogP contribution in [0.15, 0.2) is 10.8 Å². The second-order valence-electron chi connectivity index (χ2n) is 1.11. The zero-order chi connectivity index (χ0) is 4.41. The van der Waals surface area contributed by atoms with Crippen LogP contribution in [0, 0.1) is 13.1 Å². The van der Waals surface area contributed by atoms with Gasteiger partial charge in [-0.25, -0.2) is 5.16 Å². The molecule has 0 amide bonds. The molecule has 1 heterocycles. The standard InChI is InChI=1S/C4H4NO.Re/c1-4-2-5-6-3-4;/h3H,1H3;/q-1;. The topological polar surface area (TPSA) is 26.0 Å². The van der Waals surface area contributed by atoms with Crippen LogP contribution in [-0.4, -0.2) is 5.16 Å². The van der Waals surface area contributed by atoms with Crippen LogP contribution in [0.1, 0.15) is 5.56 Å². The van der Waals surface area contributed by atoms with Gasteiger partial charge in [-0.1, -0.05) is 13.1 Å². The Labute approximate surface area is 55.5 Å². The van der Waals surface area contributed by atoms with Crippen molar-refractivity contribution in [3.05, 3.63) is 18.0 Å². The van der Waals surface area contributed by atoms with E-state index in [4.69, 9.17) is 0 Å². The number of aryl methyl sites for hydroxylation is 1. The van der Waals surface area contributed by atoms with Gasteiger partial charge in [0.05, 0.1) is 0 Å². The van der Waals surface area contributed by atoms with Gasteiger partial charge in [-0.3, -0.25) is 0 Å². The third kappa shape index (κ3) is 1.86. The van der Waals surface area contributed by atoms with Gasteiger partial charge < -0.3 is 4.52 Å². The molecule has 0 bridgehead atoms. The molecule has 7 heavy (non-hydrogen) atoms. The summed E-state index contributed by atoms with van der Waals surface area (Å²) in [7, 11) is 0. The second kappa shape index (κ2) is 2.95. The molecule has 0 fully saturated rings. The molecule has 1 aromatic rings. The van der Waals surface area contributed by atoms with Crippen LogP contribution in [0.3, 0.4) is 0 Å². The van der Waals surface area contributed by atoms with Gasteiger partial charge in [0.15, 0.2) is 0 Å². The minimum Gasteiger partial charge on any atom is -0.473 e. The van der Waals surface area contributed by atoms with Crippen LogP contribution in [-0.2, 0) is 20.4 Å². The van der Waals surface area contributed by atoms with E-state index in [1.807, 2.05) is 6.92 Å². The molecule has 0 saturated carbocycles. The fourth-order valence-electron chi connectivity index (χ4n) is 0.230. The van der Waals surface area contributed by atoms with Crippen LogP contribution in [0.5, 0.6) is 0 Å². The zero-order valence-electron chi connectivity index (χ0n) is 3.81. The van der Waals surface area contributed by atoms with Crippen LogP contribution < -0.4 is 0 Å². The molecule has 2 nitrogen and oxygen atoms in total. The van der Waals surface area contributed by atoms with Crippen molar-refractivity contribution in [1.82, 2.24) is 5.16 Å². The van der Waals surface area contributed by atoms with Crippen molar-refractivity contribution < 1.29 is 24.9 Å². The number of hydrogen-bond acceptors (Lipinski definition) is 2. The summed E-state index contributed by atoms with van der Waals surface area (Å²) in [5, 5.41) is 3.32. The normalized spacial score (nSPS) is 7.57. The molecule has 0 N–H and O–H groups in total. The Morgan fingerprint density at radius 2 is 2.57 bits per heavy atom. The Balaban J connectivity index is 0.000000360. The molecule has 0 aromatic carbocycles. The summed E-state index contributed by atoms with van der Waals surface area (Å²) in [6.45, 7) is 1.87. The van der Waals surface area contributed by atoms with Crippen LogP contribution in [0.4, 0.5) is 0 Å². The largest absolute Gasteiger partial charge is 0.473 e. The van der Waals surface area contributed by atoms with Gasteiger partial charge in [0, 0.05) is 20.4 Å². The Kier molecular flexibility index (Phi) is 2.90. The minimum atomic E-state index is 0.